The standard InChI is InChI=1S/C8H12F2N4O6/c9-8(10,13-14-11)7(19)12-3-5(17)4(16)2(1-15)20-6(3)18/h2-6,15-18H,1H2,(H,12,19)/t2?,3-,4-,5?,6?/m1/s1. The van der Waals surface area contributed by atoms with Crippen molar-refractivity contribution in [2.24, 2.45) is 5.11 Å². The van der Waals surface area contributed by atoms with Gasteiger partial charge < -0.3 is 30.5 Å². The molecule has 20 heavy (non-hydrogen) atoms. The Hall–Kier alpha value is -1.56. The zero-order valence-electron chi connectivity index (χ0n) is 9.80. The van der Waals surface area contributed by atoms with Crippen LogP contribution in [0.25, 0.3) is 10.4 Å². The Kier molecular flexibility index (Phi) is 5.16. The largest absolute Gasteiger partial charge is 0.401 e. The van der Waals surface area contributed by atoms with Crippen molar-refractivity contribution < 1.29 is 38.7 Å². The molecule has 1 heterocycles. The Balaban J connectivity index is 2.81. The van der Waals surface area contributed by atoms with Gasteiger partial charge in [-0.05, 0) is 10.6 Å². The summed E-state index contributed by atoms with van der Waals surface area (Å²) in [7, 11) is 0. The maximum Gasteiger partial charge on any atom is 0.401 e. The number of ether oxygens (including phenoxy) is 1. The van der Waals surface area contributed by atoms with Crippen LogP contribution in [-0.4, -0.2) is 69.6 Å². The fraction of sp³-hybridized carbons (Fsp3) is 0.875. The average Bonchev–Trinajstić information content (AvgIpc) is 2.38. The molecule has 1 fully saturated rings. The summed E-state index contributed by atoms with van der Waals surface area (Å²) in [5.74, 6) is -2.09. The van der Waals surface area contributed by atoms with Crippen molar-refractivity contribution in [2.75, 3.05) is 6.61 Å². The van der Waals surface area contributed by atoms with Crippen LogP contribution in [0.5, 0.6) is 0 Å². The van der Waals surface area contributed by atoms with Crippen LogP contribution in [0, 0.1) is 0 Å². The van der Waals surface area contributed by atoms with E-state index in [-0.39, 0.29) is 0 Å². The number of rotatable bonds is 4. The third-order valence-corrected chi connectivity index (χ3v) is 2.64. The number of carbonyl (C=O) groups excluding carboxylic acids is 1. The first-order valence-corrected chi connectivity index (χ1v) is 5.30. The lowest BCUT2D eigenvalue weighted by Crippen LogP contribution is -2.65. The topological polar surface area (TPSA) is 168 Å². The number of aliphatic hydroxyl groups excluding tert-OH is 4. The van der Waals surface area contributed by atoms with Crippen molar-refractivity contribution in [2.45, 2.75) is 36.7 Å². The zero-order valence-corrected chi connectivity index (χ0v) is 9.80. The second-order valence-corrected chi connectivity index (χ2v) is 3.96. The van der Waals surface area contributed by atoms with Gasteiger partial charge in [-0.1, -0.05) is 0 Å². The van der Waals surface area contributed by atoms with Crippen molar-refractivity contribution in [3.8, 4) is 0 Å². The Morgan fingerprint density at radius 1 is 1.40 bits per heavy atom. The molecule has 114 valence electrons. The maximum atomic E-state index is 12.9. The number of aliphatic hydroxyl groups is 4. The lowest BCUT2D eigenvalue weighted by molar-refractivity contribution is -0.254. The Morgan fingerprint density at radius 3 is 2.50 bits per heavy atom. The second kappa shape index (κ2) is 6.26. The molecule has 0 aliphatic carbocycles. The van der Waals surface area contributed by atoms with Crippen molar-refractivity contribution in [3.63, 3.8) is 0 Å². The Labute approximate surface area is 110 Å². The van der Waals surface area contributed by atoms with Crippen molar-refractivity contribution in [1.29, 1.82) is 0 Å². The SMILES string of the molecule is [N-]=[N+]=NC(F)(F)C(=O)N[C@H]1C(O)OC(CO)[C@@H](O)C1O. The average molecular weight is 298 g/mol. The number of halogens is 2. The van der Waals surface area contributed by atoms with E-state index in [2.05, 4.69) is 4.74 Å². The summed E-state index contributed by atoms with van der Waals surface area (Å²) in [6.07, 6.45) is -6.88. The van der Waals surface area contributed by atoms with Gasteiger partial charge >= 0.3 is 6.05 Å². The lowest BCUT2D eigenvalue weighted by atomic mass is 9.97. The molecule has 3 unspecified atom stereocenters. The van der Waals surface area contributed by atoms with Crippen LogP contribution in [0.3, 0.4) is 0 Å². The number of alkyl halides is 2. The van der Waals surface area contributed by atoms with E-state index in [4.69, 9.17) is 10.6 Å². The molecule has 0 aromatic heterocycles. The van der Waals surface area contributed by atoms with E-state index >= 15 is 0 Å². The molecule has 12 heteroatoms. The molecule has 1 amide bonds. The van der Waals surface area contributed by atoms with Crippen LogP contribution in [-0.2, 0) is 9.53 Å². The van der Waals surface area contributed by atoms with Crippen LogP contribution in [0.4, 0.5) is 8.78 Å². The van der Waals surface area contributed by atoms with E-state index in [0.717, 1.165) is 0 Å². The molecule has 0 aromatic carbocycles. The van der Waals surface area contributed by atoms with E-state index in [1.54, 1.807) is 4.91 Å². The summed E-state index contributed by atoms with van der Waals surface area (Å²) in [6, 6.07) is -6.23. The lowest BCUT2D eigenvalue weighted by Gasteiger charge is -2.40. The van der Waals surface area contributed by atoms with Crippen LogP contribution in [0.15, 0.2) is 5.11 Å². The molecule has 1 rings (SSSR count). The smallest absolute Gasteiger partial charge is 0.394 e. The van der Waals surface area contributed by atoms with Crippen LogP contribution in [0.2, 0.25) is 0 Å². The molecule has 10 nitrogen and oxygen atoms in total. The summed E-state index contributed by atoms with van der Waals surface area (Å²) in [4.78, 5) is 12.9. The highest BCUT2D eigenvalue weighted by molar-refractivity contribution is 5.83. The van der Waals surface area contributed by atoms with Gasteiger partial charge in [0.05, 0.1) is 6.61 Å². The molecule has 0 radical (unpaired) electrons. The molecule has 0 aromatic rings. The number of hydrogen-bond acceptors (Lipinski definition) is 7. The highest BCUT2D eigenvalue weighted by atomic mass is 19.3. The van der Waals surface area contributed by atoms with Gasteiger partial charge in [-0.2, -0.15) is 8.78 Å². The number of hydrogen-bond donors (Lipinski definition) is 5. The molecule has 0 bridgehead atoms. The number of nitrogens with one attached hydrogen (secondary N) is 1. The molecule has 0 spiro atoms. The van der Waals surface area contributed by atoms with Crippen molar-refractivity contribution in [1.82, 2.24) is 5.32 Å². The molecular weight excluding hydrogens is 286 g/mol. The minimum Gasteiger partial charge on any atom is -0.394 e. The molecule has 1 saturated heterocycles. The van der Waals surface area contributed by atoms with E-state index in [0.29, 0.717) is 0 Å². The van der Waals surface area contributed by atoms with E-state index < -0.39 is 49.2 Å². The predicted molar refractivity (Wildman–Crippen MR) is 56.0 cm³/mol. The number of carbonyl (C=O) groups is 1. The first-order valence-electron chi connectivity index (χ1n) is 5.30. The Bertz CT molecular complexity index is 418. The van der Waals surface area contributed by atoms with Gasteiger partial charge in [-0.25, -0.2) is 0 Å². The van der Waals surface area contributed by atoms with Gasteiger partial charge in [-0.15, -0.1) is 0 Å². The number of azide groups is 1. The van der Waals surface area contributed by atoms with Gasteiger partial charge in [0.2, 0.25) is 0 Å². The van der Waals surface area contributed by atoms with Gasteiger partial charge in [-0.3, -0.25) is 4.79 Å². The minimum atomic E-state index is -4.44. The van der Waals surface area contributed by atoms with Gasteiger partial charge in [0.25, 0.3) is 5.91 Å². The summed E-state index contributed by atoms with van der Waals surface area (Å²) in [5, 5.41) is 40.7. The monoisotopic (exact) mass is 298 g/mol. The predicted octanol–water partition coefficient (Wildman–Crippen LogP) is -2.19. The van der Waals surface area contributed by atoms with Crippen LogP contribution < -0.4 is 5.32 Å². The fourth-order valence-electron chi connectivity index (χ4n) is 1.59. The summed E-state index contributed by atoms with van der Waals surface area (Å²) >= 11 is 0. The molecule has 1 aliphatic heterocycles. The van der Waals surface area contributed by atoms with Gasteiger partial charge in [0.1, 0.15) is 24.4 Å². The van der Waals surface area contributed by atoms with Gasteiger partial charge in [0, 0.05) is 4.91 Å². The van der Waals surface area contributed by atoms with Crippen LogP contribution >= 0.6 is 0 Å². The first kappa shape index (κ1) is 16.5. The highest BCUT2D eigenvalue weighted by Crippen LogP contribution is 2.22. The number of amides is 1. The molecule has 5 atom stereocenters. The third kappa shape index (κ3) is 3.30. The Morgan fingerprint density at radius 2 is 2.00 bits per heavy atom. The normalized spacial score (nSPS) is 34.2. The first-order chi connectivity index (χ1) is 9.24. The highest BCUT2D eigenvalue weighted by Gasteiger charge is 2.47. The van der Waals surface area contributed by atoms with E-state index in [1.807, 2.05) is 5.11 Å². The molecule has 0 saturated carbocycles. The zero-order chi connectivity index (χ0) is 15.5. The number of nitrogens with zero attached hydrogens (tertiary/aromatic N) is 3. The van der Waals surface area contributed by atoms with Crippen molar-refractivity contribution in [3.05, 3.63) is 10.4 Å². The quantitative estimate of drug-likeness (QED) is 0.171. The fourth-order valence-corrected chi connectivity index (χ4v) is 1.59. The van der Waals surface area contributed by atoms with Crippen LogP contribution in [0.1, 0.15) is 0 Å². The maximum absolute atomic E-state index is 12.9. The molecule has 5 N–H and O–H groups in total. The van der Waals surface area contributed by atoms with E-state index in [9.17, 15) is 28.9 Å². The minimum absolute atomic E-state index is 0.745. The third-order valence-electron chi connectivity index (χ3n) is 2.64. The molecule has 1 aliphatic rings. The second-order valence-electron chi connectivity index (χ2n) is 3.96. The van der Waals surface area contributed by atoms with Crippen molar-refractivity contribution >= 4 is 5.91 Å². The summed E-state index contributed by atoms with van der Waals surface area (Å²) < 4.78 is 30.5. The van der Waals surface area contributed by atoms with E-state index in [1.165, 1.54) is 5.32 Å². The summed E-state index contributed by atoms with van der Waals surface area (Å²) in [5.41, 5.74) is 7.88. The molecular formula is C8H12F2N4O6. The van der Waals surface area contributed by atoms with Gasteiger partial charge in [0.15, 0.2) is 6.29 Å². The summed E-state index contributed by atoms with van der Waals surface area (Å²) in [6.45, 7) is -0.745.